The normalized spacial score (nSPS) is 10.5. The molecule has 0 spiro atoms. The van der Waals surface area contributed by atoms with Gasteiger partial charge < -0.3 is 9.47 Å². The van der Waals surface area contributed by atoms with Crippen LogP contribution in [0.3, 0.4) is 0 Å². The Labute approximate surface area is 144 Å². The molecule has 0 atom stereocenters. The molecule has 2 rings (SSSR count). The van der Waals surface area contributed by atoms with E-state index in [1.807, 2.05) is 38.1 Å². The predicted molar refractivity (Wildman–Crippen MR) is 97.0 cm³/mol. The van der Waals surface area contributed by atoms with Crippen LogP contribution in [0.1, 0.15) is 49.9 Å². The van der Waals surface area contributed by atoms with Crippen LogP contribution in [0.25, 0.3) is 0 Å². The predicted octanol–water partition coefficient (Wildman–Crippen LogP) is 5.51. The molecule has 0 aliphatic heterocycles. The van der Waals surface area contributed by atoms with Gasteiger partial charge in [0.1, 0.15) is 11.5 Å². The Balaban J connectivity index is 2.14. The topological polar surface area (TPSA) is 35.5 Å². The van der Waals surface area contributed by atoms with Gasteiger partial charge in [-0.25, -0.2) is 4.79 Å². The molecule has 0 aliphatic rings. The van der Waals surface area contributed by atoms with Gasteiger partial charge in [0, 0.05) is 0 Å². The average Bonchev–Trinajstić information content (AvgIpc) is 2.62. The first-order chi connectivity index (χ1) is 11.6. The summed E-state index contributed by atoms with van der Waals surface area (Å²) >= 11 is 0. The second-order valence-electron chi connectivity index (χ2n) is 5.75. The summed E-state index contributed by atoms with van der Waals surface area (Å²) in [5.74, 6) is 1.14. The van der Waals surface area contributed by atoms with Gasteiger partial charge in [0.25, 0.3) is 0 Å². The second kappa shape index (κ2) is 8.53. The van der Waals surface area contributed by atoms with E-state index in [1.54, 1.807) is 0 Å². The molecule has 24 heavy (non-hydrogen) atoms. The van der Waals surface area contributed by atoms with E-state index in [2.05, 4.69) is 26.0 Å². The van der Waals surface area contributed by atoms with Gasteiger partial charge in [-0.15, -0.1) is 0 Å². The minimum atomic E-state index is -0.687. The SMILES string of the molecule is CCc1ccc(OC(=O)Oc2ccc(CC)cc2CC)c(CC)c1. The van der Waals surface area contributed by atoms with Crippen LogP contribution >= 0.6 is 0 Å². The van der Waals surface area contributed by atoms with Crippen molar-refractivity contribution in [3.05, 3.63) is 58.7 Å². The maximum absolute atomic E-state index is 12.2. The quantitative estimate of drug-likeness (QED) is 0.518. The van der Waals surface area contributed by atoms with E-state index in [-0.39, 0.29) is 0 Å². The van der Waals surface area contributed by atoms with Gasteiger partial charge in [0.2, 0.25) is 0 Å². The van der Waals surface area contributed by atoms with Crippen molar-refractivity contribution in [3.8, 4) is 11.5 Å². The molecule has 0 amide bonds. The molecule has 2 aromatic carbocycles. The zero-order chi connectivity index (χ0) is 17.5. The highest BCUT2D eigenvalue weighted by atomic mass is 16.7. The van der Waals surface area contributed by atoms with Gasteiger partial charge in [-0.3, -0.25) is 0 Å². The van der Waals surface area contributed by atoms with Crippen LogP contribution in [0.5, 0.6) is 11.5 Å². The number of aryl methyl sites for hydroxylation is 4. The lowest BCUT2D eigenvalue weighted by Gasteiger charge is -2.12. The molecule has 0 fully saturated rings. The van der Waals surface area contributed by atoms with Gasteiger partial charge >= 0.3 is 6.16 Å². The third-order valence-corrected chi connectivity index (χ3v) is 4.21. The van der Waals surface area contributed by atoms with Crippen molar-refractivity contribution in [3.63, 3.8) is 0 Å². The summed E-state index contributed by atoms with van der Waals surface area (Å²) in [6, 6.07) is 11.8. The molecule has 3 nitrogen and oxygen atoms in total. The largest absolute Gasteiger partial charge is 0.519 e. The van der Waals surface area contributed by atoms with Gasteiger partial charge in [-0.1, -0.05) is 52.0 Å². The Hall–Kier alpha value is -2.29. The number of carbonyl (C=O) groups is 1. The van der Waals surface area contributed by atoms with Crippen LogP contribution in [0.15, 0.2) is 36.4 Å². The fourth-order valence-electron chi connectivity index (χ4n) is 2.66. The molecule has 0 radical (unpaired) electrons. The number of hydrogen-bond donors (Lipinski definition) is 0. The number of benzene rings is 2. The molecule has 0 saturated heterocycles. The summed E-state index contributed by atoms with van der Waals surface area (Å²) in [7, 11) is 0. The number of carbonyl (C=O) groups excluding carboxylic acids is 1. The molecule has 0 bridgehead atoms. The standard InChI is InChI=1S/C21H26O3/c1-5-15-9-11-19(17(7-3)13-15)23-21(22)24-20-12-10-16(6-2)14-18(20)8-4/h9-14H,5-8H2,1-4H3. The zero-order valence-corrected chi connectivity index (χ0v) is 15.0. The zero-order valence-electron chi connectivity index (χ0n) is 15.0. The van der Waals surface area contributed by atoms with Crippen LogP contribution in [-0.4, -0.2) is 6.16 Å². The summed E-state index contributed by atoms with van der Waals surface area (Å²) in [6.45, 7) is 8.31. The Morgan fingerprint density at radius 2 is 1.12 bits per heavy atom. The highest BCUT2D eigenvalue weighted by Gasteiger charge is 2.13. The van der Waals surface area contributed by atoms with Crippen LogP contribution in [0.4, 0.5) is 4.79 Å². The minimum absolute atomic E-state index is 0.572. The van der Waals surface area contributed by atoms with E-state index in [1.165, 1.54) is 11.1 Å². The Morgan fingerprint density at radius 3 is 1.46 bits per heavy atom. The van der Waals surface area contributed by atoms with Gasteiger partial charge in [-0.05, 0) is 60.1 Å². The molecule has 128 valence electrons. The van der Waals surface area contributed by atoms with Crippen LogP contribution in [-0.2, 0) is 25.7 Å². The molecule has 0 unspecified atom stereocenters. The third-order valence-electron chi connectivity index (χ3n) is 4.21. The molecular weight excluding hydrogens is 300 g/mol. The highest BCUT2D eigenvalue weighted by Crippen LogP contribution is 2.24. The van der Waals surface area contributed by atoms with E-state index in [9.17, 15) is 4.79 Å². The number of hydrogen-bond acceptors (Lipinski definition) is 3. The lowest BCUT2D eigenvalue weighted by Crippen LogP contribution is -2.15. The third kappa shape index (κ3) is 4.38. The van der Waals surface area contributed by atoms with Gasteiger partial charge in [-0.2, -0.15) is 0 Å². The van der Waals surface area contributed by atoms with Crippen LogP contribution < -0.4 is 9.47 Å². The van der Waals surface area contributed by atoms with Crippen molar-refractivity contribution >= 4 is 6.16 Å². The molecule has 0 aromatic heterocycles. The summed E-state index contributed by atoms with van der Waals surface area (Å²) in [4.78, 5) is 12.2. The lowest BCUT2D eigenvalue weighted by molar-refractivity contribution is 0.151. The summed E-state index contributed by atoms with van der Waals surface area (Å²) in [5.41, 5.74) is 4.50. The first-order valence-corrected chi connectivity index (χ1v) is 8.74. The van der Waals surface area contributed by atoms with Crippen molar-refractivity contribution in [2.75, 3.05) is 0 Å². The molecule has 0 aliphatic carbocycles. The second-order valence-corrected chi connectivity index (χ2v) is 5.75. The Bertz CT molecular complexity index is 645. The lowest BCUT2D eigenvalue weighted by atomic mass is 10.1. The summed E-state index contributed by atoms with van der Waals surface area (Å²) in [5, 5.41) is 0. The van der Waals surface area contributed by atoms with E-state index in [0.717, 1.165) is 36.8 Å². The van der Waals surface area contributed by atoms with E-state index in [0.29, 0.717) is 11.5 Å². The molecular formula is C21H26O3. The van der Waals surface area contributed by atoms with E-state index < -0.39 is 6.16 Å². The first kappa shape index (κ1) is 18.1. The highest BCUT2D eigenvalue weighted by molar-refractivity contribution is 5.68. The van der Waals surface area contributed by atoms with Crippen molar-refractivity contribution in [1.82, 2.24) is 0 Å². The molecule has 2 aromatic rings. The molecule has 0 N–H and O–H groups in total. The van der Waals surface area contributed by atoms with Gasteiger partial charge in [0.15, 0.2) is 0 Å². The fourth-order valence-corrected chi connectivity index (χ4v) is 2.66. The average molecular weight is 326 g/mol. The Kier molecular flexibility index (Phi) is 6.42. The summed E-state index contributed by atoms with van der Waals surface area (Å²) in [6.07, 6.45) is 2.85. The Morgan fingerprint density at radius 1 is 0.708 bits per heavy atom. The van der Waals surface area contributed by atoms with Crippen LogP contribution in [0, 0.1) is 0 Å². The number of rotatable bonds is 6. The first-order valence-electron chi connectivity index (χ1n) is 8.74. The minimum Gasteiger partial charge on any atom is -0.394 e. The van der Waals surface area contributed by atoms with E-state index in [4.69, 9.17) is 9.47 Å². The smallest absolute Gasteiger partial charge is 0.394 e. The molecule has 3 heteroatoms. The maximum Gasteiger partial charge on any atom is 0.519 e. The maximum atomic E-state index is 12.2. The number of ether oxygens (including phenoxy) is 2. The fraction of sp³-hybridized carbons (Fsp3) is 0.381. The molecule has 0 saturated carbocycles. The van der Waals surface area contributed by atoms with Crippen molar-refractivity contribution < 1.29 is 14.3 Å². The van der Waals surface area contributed by atoms with Crippen molar-refractivity contribution in [2.45, 2.75) is 53.4 Å². The monoisotopic (exact) mass is 326 g/mol. The van der Waals surface area contributed by atoms with Crippen LogP contribution in [0.2, 0.25) is 0 Å². The van der Waals surface area contributed by atoms with Crippen molar-refractivity contribution in [1.29, 1.82) is 0 Å². The van der Waals surface area contributed by atoms with Gasteiger partial charge in [0.05, 0.1) is 0 Å². The van der Waals surface area contributed by atoms with E-state index >= 15 is 0 Å². The van der Waals surface area contributed by atoms with Crippen molar-refractivity contribution in [2.24, 2.45) is 0 Å². The summed E-state index contributed by atoms with van der Waals surface area (Å²) < 4.78 is 10.9. The molecule has 0 heterocycles.